The van der Waals surface area contributed by atoms with E-state index in [0.29, 0.717) is 10.8 Å². The van der Waals surface area contributed by atoms with Crippen molar-refractivity contribution in [2.45, 2.75) is 0 Å². The average Bonchev–Trinajstić information content (AvgIpc) is 2.80. The molecule has 142 valence electrons. The van der Waals surface area contributed by atoms with Crippen molar-refractivity contribution >= 4 is 32.6 Å². The molecule has 0 saturated carbocycles. The second kappa shape index (κ2) is 6.16. The van der Waals surface area contributed by atoms with Crippen LogP contribution in [0.15, 0.2) is 107 Å². The van der Waals surface area contributed by atoms with E-state index in [0.717, 1.165) is 33.2 Å². The van der Waals surface area contributed by atoms with Gasteiger partial charge in [-0.05, 0) is 48.5 Å². The Kier molecular flexibility index (Phi) is 3.44. The van der Waals surface area contributed by atoms with Crippen LogP contribution in [0.4, 0.5) is 0 Å². The van der Waals surface area contributed by atoms with Crippen LogP contribution >= 0.6 is 0 Å². The first-order chi connectivity index (χ1) is 14.8. The summed E-state index contributed by atoms with van der Waals surface area (Å²) in [6.07, 6.45) is 0. The smallest absolute Gasteiger partial charge is 0.263 e. The van der Waals surface area contributed by atoms with E-state index in [-0.39, 0.29) is 11.1 Å². The topological polar surface area (TPSA) is 44.0 Å². The van der Waals surface area contributed by atoms with Crippen molar-refractivity contribution < 1.29 is 0 Å². The van der Waals surface area contributed by atoms with Crippen LogP contribution in [0.1, 0.15) is 0 Å². The van der Waals surface area contributed by atoms with Crippen molar-refractivity contribution in [2.24, 2.45) is 0 Å². The lowest BCUT2D eigenvalue weighted by Crippen LogP contribution is -2.24. The minimum absolute atomic E-state index is 0.122. The van der Waals surface area contributed by atoms with E-state index in [9.17, 15) is 9.59 Å². The number of rotatable bonds is 2. The average molecular weight is 388 g/mol. The monoisotopic (exact) mass is 388 g/mol. The summed E-state index contributed by atoms with van der Waals surface area (Å²) in [6.45, 7) is 0. The number of para-hydroxylation sites is 2. The third-order valence-corrected chi connectivity index (χ3v) is 5.71. The fraction of sp³-hybridized carbons (Fsp3) is 0. The zero-order valence-corrected chi connectivity index (χ0v) is 15.9. The third kappa shape index (κ3) is 2.16. The molecule has 0 fully saturated rings. The molecule has 0 aliphatic carbocycles. The SMILES string of the molecule is O=c1c2cccc3c(=O)n(-c4ccccc4)c4cccc(c4c23)n1-c1ccccc1. The molecular formula is C26H16N2O2. The molecule has 0 bridgehead atoms. The molecule has 0 amide bonds. The van der Waals surface area contributed by atoms with Crippen molar-refractivity contribution in [2.75, 3.05) is 0 Å². The van der Waals surface area contributed by atoms with E-state index in [1.54, 1.807) is 15.2 Å². The summed E-state index contributed by atoms with van der Waals surface area (Å²) in [6, 6.07) is 30.4. The van der Waals surface area contributed by atoms with Gasteiger partial charge in [-0.3, -0.25) is 18.7 Å². The van der Waals surface area contributed by atoms with E-state index in [1.807, 2.05) is 91.0 Å². The molecule has 4 nitrogen and oxygen atoms in total. The van der Waals surface area contributed by atoms with E-state index >= 15 is 0 Å². The Hall–Kier alpha value is -4.18. The predicted molar refractivity (Wildman–Crippen MR) is 121 cm³/mol. The standard InChI is InChI=1S/C26H16N2O2/c29-25-19-13-7-14-20-23(19)24-21(27(25)17-9-3-1-4-10-17)15-8-16-22(24)28(26(20)30)18-11-5-2-6-12-18/h1-16H. The highest BCUT2D eigenvalue weighted by molar-refractivity contribution is 6.21. The van der Waals surface area contributed by atoms with Gasteiger partial charge in [0.05, 0.1) is 11.0 Å². The number of aromatic nitrogens is 2. The molecule has 4 heteroatoms. The van der Waals surface area contributed by atoms with Gasteiger partial charge in [-0.2, -0.15) is 0 Å². The molecule has 0 unspecified atom stereocenters. The first-order valence-corrected chi connectivity index (χ1v) is 9.81. The van der Waals surface area contributed by atoms with E-state index < -0.39 is 0 Å². The maximum Gasteiger partial charge on any atom is 0.263 e. The summed E-state index contributed by atoms with van der Waals surface area (Å²) in [5.41, 5.74) is 2.94. The van der Waals surface area contributed by atoms with Crippen LogP contribution < -0.4 is 11.1 Å². The van der Waals surface area contributed by atoms with Gasteiger partial charge in [0.1, 0.15) is 0 Å². The Morgan fingerprint density at radius 3 is 1.33 bits per heavy atom. The molecule has 0 aliphatic rings. The number of pyridine rings is 2. The molecule has 0 N–H and O–H groups in total. The largest absolute Gasteiger partial charge is 0.276 e. The quantitative estimate of drug-likeness (QED) is 0.397. The Bertz CT molecular complexity index is 1550. The van der Waals surface area contributed by atoms with Crippen LogP contribution in [-0.4, -0.2) is 9.13 Å². The highest BCUT2D eigenvalue weighted by atomic mass is 16.1. The highest BCUT2D eigenvalue weighted by Crippen LogP contribution is 2.32. The van der Waals surface area contributed by atoms with Gasteiger partial charge >= 0.3 is 0 Å². The second-order valence-corrected chi connectivity index (χ2v) is 7.35. The first kappa shape index (κ1) is 16.7. The van der Waals surface area contributed by atoms with Gasteiger partial charge in [0.25, 0.3) is 11.1 Å². The van der Waals surface area contributed by atoms with Crippen LogP contribution in [0.25, 0.3) is 44.0 Å². The van der Waals surface area contributed by atoms with Gasteiger partial charge < -0.3 is 0 Å². The summed E-state index contributed by atoms with van der Waals surface area (Å²) in [5.74, 6) is 0. The molecular weight excluding hydrogens is 372 g/mol. The molecule has 30 heavy (non-hydrogen) atoms. The summed E-state index contributed by atoms with van der Waals surface area (Å²) in [7, 11) is 0. The van der Waals surface area contributed by atoms with Crippen LogP contribution in [0.2, 0.25) is 0 Å². The Morgan fingerprint density at radius 2 is 0.867 bits per heavy atom. The van der Waals surface area contributed by atoms with Crippen molar-refractivity contribution in [3.8, 4) is 11.4 Å². The molecule has 2 heterocycles. The fourth-order valence-corrected chi connectivity index (χ4v) is 4.46. The summed E-state index contributed by atoms with van der Waals surface area (Å²) >= 11 is 0. The summed E-state index contributed by atoms with van der Waals surface area (Å²) in [4.78, 5) is 27.1. The van der Waals surface area contributed by atoms with Crippen molar-refractivity contribution in [1.29, 1.82) is 0 Å². The van der Waals surface area contributed by atoms with Crippen LogP contribution in [0.3, 0.4) is 0 Å². The maximum absolute atomic E-state index is 13.5. The lowest BCUT2D eigenvalue weighted by atomic mass is 9.99. The van der Waals surface area contributed by atoms with Gasteiger partial charge in [-0.1, -0.05) is 48.5 Å². The summed E-state index contributed by atoms with van der Waals surface area (Å²) < 4.78 is 3.48. The Labute approximate surface area is 171 Å². The van der Waals surface area contributed by atoms with Crippen LogP contribution in [-0.2, 0) is 0 Å². The zero-order valence-electron chi connectivity index (χ0n) is 15.9. The molecule has 6 rings (SSSR count). The molecule has 6 aromatic rings. The Balaban J connectivity index is 1.94. The van der Waals surface area contributed by atoms with Crippen molar-refractivity contribution in [3.05, 3.63) is 118 Å². The minimum atomic E-state index is -0.122. The summed E-state index contributed by atoms with van der Waals surface area (Å²) in [5, 5.41) is 2.75. The lowest BCUT2D eigenvalue weighted by Gasteiger charge is -2.19. The van der Waals surface area contributed by atoms with Gasteiger partial charge in [0, 0.05) is 32.9 Å². The molecule has 0 spiro atoms. The van der Waals surface area contributed by atoms with Crippen molar-refractivity contribution in [3.63, 3.8) is 0 Å². The van der Waals surface area contributed by atoms with Gasteiger partial charge in [0.2, 0.25) is 0 Å². The predicted octanol–water partition coefficient (Wildman–Crippen LogP) is 4.89. The third-order valence-electron chi connectivity index (χ3n) is 5.71. The molecule has 0 saturated heterocycles. The van der Waals surface area contributed by atoms with Crippen LogP contribution in [0, 0.1) is 0 Å². The molecule has 2 aromatic heterocycles. The first-order valence-electron chi connectivity index (χ1n) is 9.81. The van der Waals surface area contributed by atoms with E-state index in [4.69, 9.17) is 0 Å². The van der Waals surface area contributed by atoms with Gasteiger partial charge in [0.15, 0.2) is 0 Å². The Morgan fingerprint density at radius 1 is 0.433 bits per heavy atom. The number of hydrogen-bond donors (Lipinski definition) is 0. The zero-order chi connectivity index (χ0) is 20.2. The second-order valence-electron chi connectivity index (χ2n) is 7.35. The van der Waals surface area contributed by atoms with Crippen LogP contribution in [0.5, 0.6) is 0 Å². The molecule has 4 aromatic carbocycles. The lowest BCUT2D eigenvalue weighted by molar-refractivity contribution is 1.04. The van der Waals surface area contributed by atoms with E-state index in [2.05, 4.69) is 0 Å². The number of benzene rings is 4. The molecule has 0 radical (unpaired) electrons. The molecule has 0 atom stereocenters. The number of hydrogen-bond acceptors (Lipinski definition) is 2. The fourth-order valence-electron chi connectivity index (χ4n) is 4.46. The van der Waals surface area contributed by atoms with Gasteiger partial charge in [-0.15, -0.1) is 0 Å². The van der Waals surface area contributed by atoms with E-state index in [1.165, 1.54) is 0 Å². The van der Waals surface area contributed by atoms with Gasteiger partial charge in [-0.25, -0.2) is 0 Å². The number of nitrogens with zero attached hydrogens (tertiary/aromatic N) is 2. The molecule has 0 aliphatic heterocycles. The minimum Gasteiger partial charge on any atom is -0.276 e. The van der Waals surface area contributed by atoms with Crippen molar-refractivity contribution in [1.82, 2.24) is 9.13 Å². The maximum atomic E-state index is 13.5. The normalized spacial score (nSPS) is 11.6. The highest BCUT2D eigenvalue weighted by Gasteiger charge is 2.20.